The van der Waals surface area contributed by atoms with Gasteiger partial charge in [-0.1, -0.05) is 13.8 Å². The largest absolute Gasteiger partial charge is 0.478 e. The molecule has 1 N–H and O–H groups in total. The lowest BCUT2D eigenvalue weighted by atomic mass is 10.0. The summed E-state index contributed by atoms with van der Waals surface area (Å²) in [6.07, 6.45) is 0.356. The van der Waals surface area contributed by atoms with Crippen LogP contribution in [0.2, 0.25) is 0 Å². The summed E-state index contributed by atoms with van der Waals surface area (Å²) in [4.78, 5) is 37.6. The molecule has 1 unspecified atom stereocenters. The van der Waals surface area contributed by atoms with Crippen molar-refractivity contribution in [2.45, 2.75) is 45.8 Å². The number of halogens is 2. The third-order valence-electron chi connectivity index (χ3n) is 6.75. The highest BCUT2D eigenvalue weighted by Crippen LogP contribution is 2.43. The summed E-state index contributed by atoms with van der Waals surface area (Å²) in [6.45, 7) is 9.88. The molecule has 1 aromatic carbocycles. The van der Waals surface area contributed by atoms with Gasteiger partial charge in [-0.2, -0.15) is 0 Å². The molecule has 0 spiro atoms. The predicted molar refractivity (Wildman–Crippen MR) is 137 cm³/mol. The van der Waals surface area contributed by atoms with Crippen LogP contribution in [-0.2, 0) is 4.79 Å². The molecule has 3 aromatic rings. The molecular weight excluding hydrogens is 489 g/mol. The van der Waals surface area contributed by atoms with Crippen molar-refractivity contribution in [3.63, 3.8) is 0 Å². The van der Waals surface area contributed by atoms with Gasteiger partial charge < -0.3 is 24.2 Å². The maximum atomic E-state index is 15.5. The Morgan fingerprint density at radius 1 is 1.17 bits per heavy atom. The average molecular weight is 518 g/mol. The molecule has 0 saturated carbocycles. The number of aliphatic carboxylic acids is 1. The van der Waals surface area contributed by atoms with Gasteiger partial charge in [-0.3, -0.25) is 4.79 Å². The first-order valence-electron chi connectivity index (χ1n) is 11.8. The molecule has 1 fully saturated rings. The Labute approximate surface area is 213 Å². The third-order valence-corrected chi connectivity index (χ3v) is 6.75. The molecule has 1 saturated heterocycles. The molecule has 2 aromatic heterocycles. The first kappa shape index (κ1) is 25.7. The zero-order valence-corrected chi connectivity index (χ0v) is 21.4. The Morgan fingerprint density at radius 2 is 1.83 bits per heavy atom. The summed E-state index contributed by atoms with van der Waals surface area (Å²) < 4.78 is 23.1. The number of carboxylic acid groups (broad SMARTS) is 1. The van der Waals surface area contributed by atoms with Crippen molar-refractivity contribution in [2.75, 3.05) is 36.0 Å². The van der Waals surface area contributed by atoms with Crippen molar-refractivity contribution in [1.29, 1.82) is 0 Å². The number of carbonyl (C=O) groups is 1. The zero-order chi connectivity index (χ0) is 25.0. The van der Waals surface area contributed by atoms with Crippen molar-refractivity contribution in [3.8, 4) is 5.75 Å². The Bertz CT molecular complexity index is 1390. The van der Waals surface area contributed by atoms with E-state index in [4.69, 9.17) is 9.72 Å². The van der Waals surface area contributed by atoms with E-state index in [1.807, 2.05) is 17.9 Å². The first-order chi connectivity index (χ1) is 16.7. The van der Waals surface area contributed by atoms with Crippen molar-refractivity contribution >= 4 is 40.8 Å². The molecule has 4 heterocycles. The standard InChI is InChI=1S/C25H28FN5O4.ClH/c1-13(2)24-27-14(3)11-19(28-24)29-7-9-30(10-8-29)21-17(26)12-16-18(32)5-6-31-15(4)22(25(33)34)35-23(21)20(16)31;/h5-6,11-13,15,22H,7-10H2,1-4H3,(H,33,34);1H/t15?,22-;/m0./s1. The minimum absolute atomic E-state index is 0. The lowest BCUT2D eigenvalue weighted by Crippen LogP contribution is -2.48. The van der Waals surface area contributed by atoms with Gasteiger partial charge >= 0.3 is 5.97 Å². The van der Waals surface area contributed by atoms with E-state index < -0.39 is 23.9 Å². The molecule has 9 nitrogen and oxygen atoms in total. The SMILES string of the molecule is Cc1cc(N2CCN(c3c(F)cc4c(=O)ccn5c4c3O[C@H](C(=O)O)C5C)CC2)nc(C(C)C)n1.Cl. The number of benzene rings is 1. The Balaban J connectivity index is 0.00000304. The summed E-state index contributed by atoms with van der Waals surface area (Å²) in [5.41, 5.74) is 1.18. The number of hydrogen-bond acceptors (Lipinski definition) is 7. The minimum atomic E-state index is -1.20. The molecule has 0 aliphatic carbocycles. The molecule has 0 radical (unpaired) electrons. The quantitative estimate of drug-likeness (QED) is 0.561. The number of hydrogen-bond donors (Lipinski definition) is 1. The van der Waals surface area contributed by atoms with E-state index in [1.54, 1.807) is 17.7 Å². The second kappa shape index (κ2) is 9.57. The molecule has 2 aliphatic heterocycles. The molecule has 11 heteroatoms. The highest BCUT2D eigenvalue weighted by molar-refractivity contribution is 5.93. The lowest BCUT2D eigenvalue weighted by molar-refractivity contribution is -0.147. The number of rotatable bonds is 4. The summed E-state index contributed by atoms with van der Waals surface area (Å²) >= 11 is 0. The van der Waals surface area contributed by atoms with E-state index in [0.29, 0.717) is 31.7 Å². The fraction of sp³-hybridized carbons (Fsp3) is 0.440. The van der Waals surface area contributed by atoms with Crippen LogP contribution < -0.4 is 20.0 Å². The van der Waals surface area contributed by atoms with Gasteiger partial charge in [0, 0.05) is 56.1 Å². The minimum Gasteiger partial charge on any atom is -0.478 e. The van der Waals surface area contributed by atoms with Crippen molar-refractivity contribution in [1.82, 2.24) is 14.5 Å². The molecule has 0 bridgehead atoms. The highest BCUT2D eigenvalue weighted by atomic mass is 35.5. The summed E-state index contributed by atoms with van der Waals surface area (Å²) in [6, 6.07) is 3.95. The second-order valence-corrected chi connectivity index (χ2v) is 9.49. The fourth-order valence-electron chi connectivity index (χ4n) is 4.89. The van der Waals surface area contributed by atoms with Crippen LogP contribution in [0.3, 0.4) is 0 Å². The number of aryl methyl sites for hydroxylation is 1. The van der Waals surface area contributed by atoms with Gasteiger partial charge in [0.05, 0.1) is 16.9 Å². The zero-order valence-electron chi connectivity index (χ0n) is 20.6. The van der Waals surface area contributed by atoms with E-state index in [-0.39, 0.29) is 40.6 Å². The smallest absolute Gasteiger partial charge is 0.347 e. The van der Waals surface area contributed by atoms with Crippen LogP contribution in [-0.4, -0.2) is 57.9 Å². The predicted octanol–water partition coefficient (Wildman–Crippen LogP) is 3.52. The summed E-state index contributed by atoms with van der Waals surface area (Å²) in [5, 5.41) is 9.91. The van der Waals surface area contributed by atoms with Gasteiger partial charge in [0.15, 0.2) is 17.0 Å². The van der Waals surface area contributed by atoms with E-state index in [1.165, 1.54) is 12.1 Å². The van der Waals surface area contributed by atoms with Gasteiger partial charge in [-0.15, -0.1) is 12.4 Å². The van der Waals surface area contributed by atoms with Crippen LogP contribution in [0.25, 0.3) is 10.9 Å². The molecule has 36 heavy (non-hydrogen) atoms. The number of ether oxygens (including phenoxy) is 1. The first-order valence-corrected chi connectivity index (χ1v) is 11.8. The van der Waals surface area contributed by atoms with Gasteiger partial charge in [-0.25, -0.2) is 19.2 Å². The summed E-state index contributed by atoms with van der Waals surface area (Å²) in [5.74, 6) is 0.189. The van der Waals surface area contributed by atoms with Gasteiger partial charge in [0.25, 0.3) is 0 Å². The van der Waals surface area contributed by atoms with Crippen molar-refractivity contribution < 1.29 is 19.0 Å². The maximum Gasteiger partial charge on any atom is 0.347 e. The maximum absolute atomic E-state index is 15.5. The molecule has 5 rings (SSSR count). The van der Waals surface area contributed by atoms with Crippen molar-refractivity contribution in [3.05, 3.63) is 52.0 Å². The number of anilines is 2. The molecule has 2 atom stereocenters. The summed E-state index contributed by atoms with van der Waals surface area (Å²) in [7, 11) is 0. The monoisotopic (exact) mass is 517 g/mol. The van der Waals surface area contributed by atoms with E-state index >= 15 is 4.39 Å². The van der Waals surface area contributed by atoms with Crippen LogP contribution in [0.1, 0.15) is 44.2 Å². The Morgan fingerprint density at radius 3 is 2.47 bits per heavy atom. The number of piperazine rings is 1. The number of carboxylic acids is 1. The normalized spacial score (nSPS) is 19.3. The molecule has 0 amide bonds. The topological polar surface area (TPSA) is 101 Å². The van der Waals surface area contributed by atoms with Crippen LogP contribution in [0, 0.1) is 12.7 Å². The molecule has 2 aliphatic rings. The van der Waals surface area contributed by atoms with Crippen LogP contribution in [0.15, 0.2) is 29.2 Å². The van der Waals surface area contributed by atoms with E-state index in [2.05, 4.69) is 23.7 Å². The Hall–Kier alpha value is -3.40. The fourth-order valence-corrected chi connectivity index (χ4v) is 4.89. The van der Waals surface area contributed by atoms with Crippen LogP contribution in [0.4, 0.5) is 15.9 Å². The van der Waals surface area contributed by atoms with Gasteiger partial charge in [0.2, 0.25) is 6.10 Å². The van der Waals surface area contributed by atoms with Gasteiger partial charge in [0.1, 0.15) is 17.3 Å². The Kier molecular flexibility index (Phi) is 6.83. The highest BCUT2D eigenvalue weighted by Gasteiger charge is 2.37. The lowest BCUT2D eigenvalue weighted by Gasteiger charge is -2.39. The molecular formula is C25H29ClFN5O4. The molecule has 192 valence electrons. The van der Waals surface area contributed by atoms with E-state index in [0.717, 1.165) is 17.3 Å². The van der Waals surface area contributed by atoms with E-state index in [9.17, 15) is 14.7 Å². The average Bonchev–Trinajstić information content (AvgIpc) is 2.82. The van der Waals surface area contributed by atoms with Crippen LogP contribution >= 0.6 is 12.4 Å². The van der Waals surface area contributed by atoms with Gasteiger partial charge in [-0.05, 0) is 19.9 Å². The second-order valence-electron chi connectivity index (χ2n) is 9.49. The number of nitrogens with zero attached hydrogens (tertiary/aromatic N) is 5. The third kappa shape index (κ3) is 4.23. The number of pyridine rings is 1. The van der Waals surface area contributed by atoms with Crippen LogP contribution in [0.5, 0.6) is 5.75 Å². The van der Waals surface area contributed by atoms with Crippen molar-refractivity contribution in [2.24, 2.45) is 0 Å². The number of aromatic nitrogens is 3.